The van der Waals surface area contributed by atoms with E-state index in [0.717, 1.165) is 30.1 Å². The van der Waals surface area contributed by atoms with E-state index in [1.165, 1.54) is 51.4 Å². The highest BCUT2D eigenvalue weighted by Crippen LogP contribution is 2.65. The van der Waals surface area contributed by atoms with Gasteiger partial charge in [0, 0.05) is 6.42 Å². The molecule has 0 radical (unpaired) electrons. The molecule has 21 heavy (non-hydrogen) atoms. The third kappa shape index (κ3) is 1.91. The predicted octanol–water partition coefficient (Wildman–Crippen LogP) is 3.00. The van der Waals surface area contributed by atoms with Crippen LogP contribution in [0.2, 0.25) is 0 Å². The number of rotatable bonds is 0. The highest BCUT2D eigenvalue weighted by molar-refractivity contribution is 5.09. The second kappa shape index (κ2) is 4.71. The molecule has 120 valence electrons. The number of hydrogen-bond donors (Lipinski definition) is 2. The summed E-state index contributed by atoms with van der Waals surface area (Å²) in [6, 6.07) is 0.710. The van der Waals surface area contributed by atoms with Gasteiger partial charge >= 0.3 is 0 Å². The fourth-order valence-electron chi connectivity index (χ4n) is 7.32. The largest absolute Gasteiger partial charge is 0.393 e. The second-order valence-corrected chi connectivity index (χ2v) is 9.43. The molecule has 2 nitrogen and oxygen atoms in total. The standard InChI is InChI=1S/C19H33NO/c1-18-9-7-13(20)11-12(18)3-4-14-15-5-6-17(21)19(15,2)10-8-16(14)18/h12-17,21H,3-11,20H2,1-2H3/p+1. The summed E-state index contributed by atoms with van der Waals surface area (Å²) in [7, 11) is 0. The molecule has 8 unspecified atom stereocenters. The van der Waals surface area contributed by atoms with Crippen LogP contribution in [0, 0.1) is 34.5 Å². The van der Waals surface area contributed by atoms with Crippen molar-refractivity contribution in [3.05, 3.63) is 0 Å². The van der Waals surface area contributed by atoms with Crippen LogP contribution in [0.5, 0.6) is 0 Å². The van der Waals surface area contributed by atoms with Crippen LogP contribution in [-0.4, -0.2) is 17.3 Å². The Balaban J connectivity index is 1.62. The van der Waals surface area contributed by atoms with Crippen LogP contribution in [0.1, 0.15) is 71.6 Å². The molecule has 2 heteroatoms. The van der Waals surface area contributed by atoms with Gasteiger partial charge in [-0.2, -0.15) is 0 Å². The molecule has 4 rings (SSSR count). The molecule has 4 saturated carbocycles. The summed E-state index contributed by atoms with van der Waals surface area (Å²) in [5.41, 5.74) is 5.20. The third-order valence-electron chi connectivity index (χ3n) is 8.72. The van der Waals surface area contributed by atoms with Gasteiger partial charge in [0.2, 0.25) is 0 Å². The van der Waals surface area contributed by atoms with Crippen molar-refractivity contribution in [2.24, 2.45) is 34.5 Å². The Kier molecular flexibility index (Phi) is 3.25. The summed E-state index contributed by atoms with van der Waals surface area (Å²) in [5.74, 6) is 3.59. The van der Waals surface area contributed by atoms with Crippen molar-refractivity contribution in [3.8, 4) is 0 Å². The van der Waals surface area contributed by atoms with Gasteiger partial charge in [0.1, 0.15) is 0 Å². The molecule has 4 N–H and O–H groups in total. The molecule has 0 aromatic rings. The van der Waals surface area contributed by atoms with Crippen LogP contribution in [0.3, 0.4) is 0 Å². The fraction of sp³-hybridized carbons (Fsp3) is 1.00. The first-order valence-corrected chi connectivity index (χ1v) is 9.46. The monoisotopic (exact) mass is 292 g/mol. The SMILES string of the molecule is CC12CCC3C(CCC4CC([NH3+])CCC43C)C1CCC2O. The highest BCUT2D eigenvalue weighted by Gasteiger charge is 2.60. The molecule has 4 aliphatic rings. The molecule has 0 amide bonds. The Morgan fingerprint density at radius 3 is 2.38 bits per heavy atom. The van der Waals surface area contributed by atoms with Gasteiger partial charge in [0.05, 0.1) is 12.1 Å². The first-order chi connectivity index (χ1) is 9.95. The molecule has 0 spiro atoms. The van der Waals surface area contributed by atoms with Crippen molar-refractivity contribution in [3.63, 3.8) is 0 Å². The number of aliphatic hydroxyl groups excluding tert-OH is 1. The number of aliphatic hydroxyl groups is 1. The van der Waals surface area contributed by atoms with Crippen LogP contribution >= 0.6 is 0 Å². The van der Waals surface area contributed by atoms with Crippen molar-refractivity contribution in [1.82, 2.24) is 0 Å². The van der Waals surface area contributed by atoms with Gasteiger partial charge < -0.3 is 10.8 Å². The van der Waals surface area contributed by atoms with Crippen LogP contribution in [-0.2, 0) is 0 Å². The Morgan fingerprint density at radius 1 is 0.857 bits per heavy atom. The zero-order valence-corrected chi connectivity index (χ0v) is 14.0. The zero-order chi connectivity index (χ0) is 14.8. The molecular formula is C19H34NO+. The third-order valence-corrected chi connectivity index (χ3v) is 8.72. The van der Waals surface area contributed by atoms with Crippen molar-refractivity contribution < 1.29 is 10.8 Å². The average Bonchev–Trinajstić information content (AvgIpc) is 2.76. The summed E-state index contributed by atoms with van der Waals surface area (Å²) in [5, 5.41) is 10.5. The Labute approximate surface area is 129 Å². The summed E-state index contributed by atoms with van der Waals surface area (Å²) < 4.78 is 0. The molecule has 0 saturated heterocycles. The number of fused-ring (bicyclic) bond motifs is 5. The smallest absolute Gasteiger partial charge is 0.0846 e. The Bertz CT molecular complexity index is 424. The van der Waals surface area contributed by atoms with Gasteiger partial charge in [-0.15, -0.1) is 0 Å². The van der Waals surface area contributed by atoms with E-state index in [-0.39, 0.29) is 11.5 Å². The molecule has 4 fully saturated rings. The molecular weight excluding hydrogens is 258 g/mol. The van der Waals surface area contributed by atoms with Crippen molar-refractivity contribution in [2.75, 3.05) is 0 Å². The van der Waals surface area contributed by atoms with Gasteiger partial charge in [-0.25, -0.2) is 0 Å². The van der Waals surface area contributed by atoms with E-state index in [4.69, 9.17) is 0 Å². The summed E-state index contributed by atoms with van der Waals surface area (Å²) in [4.78, 5) is 0. The van der Waals surface area contributed by atoms with Crippen molar-refractivity contribution >= 4 is 0 Å². The lowest BCUT2D eigenvalue weighted by atomic mass is 9.45. The maximum atomic E-state index is 10.5. The maximum Gasteiger partial charge on any atom is 0.0846 e. The van der Waals surface area contributed by atoms with Gasteiger partial charge in [0.25, 0.3) is 0 Å². The minimum Gasteiger partial charge on any atom is -0.393 e. The zero-order valence-electron chi connectivity index (χ0n) is 14.0. The lowest BCUT2D eigenvalue weighted by Gasteiger charge is -2.60. The number of hydrogen-bond acceptors (Lipinski definition) is 1. The minimum atomic E-state index is -0.0236. The summed E-state index contributed by atoms with van der Waals surface area (Å²) in [6.45, 7) is 5.02. The maximum absolute atomic E-state index is 10.5. The Hall–Kier alpha value is -0.0800. The summed E-state index contributed by atoms with van der Waals surface area (Å²) >= 11 is 0. The first kappa shape index (κ1) is 14.5. The lowest BCUT2D eigenvalue weighted by molar-refractivity contribution is -0.433. The van der Waals surface area contributed by atoms with E-state index in [9.17, 15) is 5.11 Å². The van der Waals surface area contributed by atoms with Gasteiger partial charge in [-0.05, 0) is 85.9 Å². The molecule has 0 bridgehead atoms. The molecule has 0 aliphatic heterocycles. The second-order valence-electron chi connectivity index (χ2n) is 9.43. The normalized spacial score (nSPS) is 60.0. The average molecular weight is 292 g/mol. The molecule has 0 heterocycles. The van der Waals surface area contributed by atoms with Crippen molar-refractivity contribution in [1.29, 1.82) is 0 Å². The quantitative estimate of drug-likeness (QED) is 0.708. The van der Waals surface area contributed by atoms with Crippen LogP contribution < -0.4 is 5.73 Å². The molecule has 0 aromatic carbocycles. The van der Waals surface area contributed by atoms with Crippen molar-refractivity contribution in [2.45, 2.75) is 83.8 Å². The fourth-order valence-corrected chi connectivity index (χ4v) is 7.32. The van der Waals surface area contributed by atoms with E-state index < -0.39 is 0 Å². The molecule has 8 atom stereocenters. The van der Waals surface area contributed by atoms with Crippen LogP contribution in [0.25, 0.3) is 0 Å². The van der Waals surface area contributed by atoms with E-state index in [2.05, 4.69) is 19.6 Å². The Morgan fingerprint density at radius 2 is 1.57 bits per heavy atom. The minimum absolute atomic E-state index is 0.0236. The number of quaternary nitrogens is 1. The molecule has 0 aromatic heterocycles. The van der Waals surface area contributed by atoms with E-state index >= 15 is 0 Å². The van der Waals surface area contributed by atoms with Gasteiger partial charge in [-0.1, -0.05) is 13.8 Å². The topological polar surface area (TPSA) is 47.9 Å². The molecule has 4 aliphatic carbocycles. The lowest BCUT2D eigenvalue weighted by Crippen LogP contribution is -2.65. The van der Waals surface area contributed by atoms with E-state index in [1.54, 1.807) is 0 Å². The first-order valence-electron chi connectivity index (χ1n) is 9.46. The van der Waals surface area contributed by atoms with E-state index in [0.29, 0.717) is 11.5 Å². The predicted molar refractivity (Wildman–Crippen MR) is 84.4 cm³/mol. The summed E-state index contributed by atoms with van der Waals surface area (Å²) in [6.07, 6.45) is 12.0. The van der Waals surface area contributed by atoms with Crippen LogP contribution in [0.15, 0.2) is 0 Å². The van der Waals surface area contributed by atoms with Gasteiger partial charge in [-0.3, -0.25) is 0 Å². The van der Waals surface area contributed by atoms with Gasteiger partial charge in [0.15, 0.2) is 0 Å². The van der Waals surface area contributed by atoms with E-state index in [1.807, 2.05) is 0 Å². The highest BCUT2D eigenvalue weighted by atomic mass is 16.3. The van der Waals surface area contributed by atoms with Crippen LogP contribution in [0.4, 0.5) is 0 Å².